The third kappa shape index (κ3) is 4.36. The number of thiazole rings is 1. The van der Waals surface area contributed by atoms with E-state index in [9.17, 15) is 9.90 Å². The molecule has 0 atom stereocenters. The Hall–Kier alpha value is -3.18. The van der Waals surface area contributed by atoms with Crippen LogP contribution >= 0.6 is 23.1 Å². The first kappa shape index (κ1) is 20.1. The fourth-order valence-electron chi connectivity index (χ4n) is 2.74. The molecule has 0 aliphatic carbocycles. The number of H-pyrrole nitrogens is 1. The van der Waals surface area contributed by atoms with Crippen LogP contribution in [0.4, 0.5) is 0 Å². The molecule has 154 valence electrons. The van der Waals surface area contributed by atoms with Gasteiger partial charge < -0.3 is 19.2 Å². The standard InChI is InChI=1S/C19H17N5O4S2/c1-10-20-11(8-29-10)7-15-23-24-19(28-15)30-9-14(25)16(18(26)27-2)17-21-12-5-3-4-6-13(12)22-17/h3-6,8,25H,7,9H2,1-2H3,(H,21,22). The van der Waals surface area contributed by atoms with Gasteiger partial charge in [0.1, 0.15) is 17.2 Å². The highest BCUT2D eigenvalue weighted by Gasteiger charge is 2.23. The summed E-state index contributed by atoms with van der Waals surface area (Å²) in [5.41, 5.74) is 2.23. The number of aromatic nitrogens is 5. The zero-order valence-electron chi connectivity index (χ0n) is 16.1. The van der Waals surface area contributed by atoms with E-state index >= 15 is 0 Å². The van der Waals surface area contributed by atoms with E-state index in [1.807, 2.05) is 30.5 Å². The van der Waals surface area contributed by atoms with Crippen LogP contribution in [-0.2, 0) is 16.0 Å². The second kappa shape index (κ2) is 8.67. The van der Waals surface area contributed by atoms with Gasteiger partial charge in [-0.1, -0.05) is 23.9 Å². The van der Waals surface area contributed by atoms with Crippen LogP contribution in [0.15, 0.2) is 45.0 Å². The van der Waals surface area contributed by atoms with Crippen LogP contribution < -0.4 is 0 Å². The number of benzene rings is 1. The Morgan fingerprint density at radius 2 is 2.13 bits per heavy atom. The number of nitrogens with one attached hydrogen (secondary N) is 1. The van der Waals surface area contributed by atoms with Crippen LogP contribution in [0.2, 0.25) is 0 Å². The van der Waals surface area contributed by atoms with Gasteiger partial charge in [0.05, 0.1) is 41.0 Å². The van der Waals surface area contributed by atoms with Gasteiger partial charge in [0.2, 0.25) is 5.89 Å². The quantitative estimate of drug-likeness (QED) is 0.191. The van der Waals surface area contributed by atoms with Gasteiger partial charge in [-0.3, -0.25) is 0 Å². The molecule has 0 fully saturated rings. The zero-order valence-corrected chi connectivity index (χ0v) is 17.7. The first-order valence-electron chi connectivity index (χ1n) is 8.85. The number of esters is 1. The normalized spacial score (nSPS) is 12.2. The molecule has 0 saturated heterocycles. The maximum absolute atomic E-state index is 12.3. The first-order valence-corrected chi connectivity index (χ1v) is 10.7. The van der Waals surface area contributed by atoms with Crippen molar-refractivity contribution < 1.29 is 19.1 Å². The van der Waals surface area contributed by atoms with Crippen LogP contribution in [-0.4, -0.2) is 49.1 Å². The third-order valence-electron chi connectivity index (χ3n) is 4.08. The van der Waals surface area contributed by atoms with Gasteiger partial charge in [0, 0.05) is 5.38 Å². The van der Waals surface area contributed by atoms with Crippen LogP contribution in [0.1, 0.15) is 22.4 Å². The molecule has 2 N–H and O–H groups in total. The van der Waals surface area contributed by atoms with Crippen molar-refractivity contribution in [1.82, 2.24) is 25.1 Å². The van der Waals surface area contributed by atoms with E-state index in [0.717, 1.165) is 28.0 Å². The molecule has 0 saturated carbocycles. The molecule has 3 heterocycles. The van der Waals surface area contributed by atoms with E-state index in [-0.39, 0.29) is 28.1 Å². The fourth-order valence-corrected chi connectivity index (χ4v) is 4.01. The average molecular weight is 444 g/mol. The van der Waals surface area contributed by atoms with Gasteiger partial charge in [-0.05, 0) is 19.1 Å². The molecule has 9 nitrogen and oxygen atoms in total. The maximum atomic E-state index is 12.3. The first-order chi connectivity index (χ1) is 14.5. The van der Waals surface area contributed by atoms with Crippen LogP contribution in [0.5, 0.6) is 0 Å². The molecule has 4 rings (SSSR count). The molecular formula is C19H17N5O4S2. The van der Waals surface area contributed by atoms with Gasteiger partial charge in [-0.15, -0.1) is 21.5 Å². The number of nitrogens with zero attached hydrogens (tertiary/aromatic N) is 4. The van der Waals surface area contributed by atoms with E-state index in [2.05, 4.69) is 25.1 Å². The smallest absolute Gasteiger partial charge is 0.345 e. The number of aliphatic hydroxyl groups is 1. The number of aromatic amines is 1. The Labute approximate surface area is 179 Å². The molecule has 0 bridgehead atoms. The molecule has 0 radical (unpaired) electrons. The summed E-state index contributed by atoms with van der Waals surface area (Å²) in [5, 5.41) is 21.8. The van der Waals surface area contributed by atoms with Crippen molar-refractivity contribution in [1.29, 1.82) is 0 Å². The number of hydrogen-bond donors (Lipinski definition) is 2. The van der Waals surface area contributed by atoms with Crippen LogP contribution in [0.3, 0.4) is 0 Å². The predicted molar refractivity (Wildman–Crippen MR) is 112 cm³/mol. The summed E-state index contributed by atoms with van der Waals surface area (Å²) in [5.74, 6) is -0.222. The number of carbonyl (C=O) groups excluding carboxylic acids is 1. The molecule has 0 aliphatic heterocycles. The van der Waals surface area contributed by atoms with Crippen molar-refractivity contribution in [2.24, 2.45) is 0 Å². The Kier molecular flexibility index (Phi) is 5.81. The van der Waals surface area contributed by atoms with Crippen molar-refractivity contribution in [3.8, 4) is 0 Å². The molecule has 0 aliphatic rings. The van der Waals surface area contributed by atoms with Gasteiger partial charge in [-0.2, -0.15) is 0 Å². The van der Waals surface area contributed by atoms with Gasteiger partial charge in [0.25, 0.3) is 5.22 Å². The summed E-state index contributed by atoms with van der Waals surface area (Å²) in [6.07, 6.45) is 0.437. The highest BCUT2D eigenvalue weighted by atomic mass is 32.2. The van der Waals surface area contributed by atoms with E-state index < -0.39 is 5.97 Å². The molecule has 4 aromatic rings. The number of ether oxygens (including phenoxy) is 1. The fraction of sp³-hybridized carbons (Fsp3) is 0.211. The van der Waals surface area contributed by atoms with Crippen molar-refractivity contribution >= 4 is 45.7 Å². The van der Waals surface area contributed by atoms with E-state index in [1.165, 1.54) is 7.11 Å². The summed E-state index contributed by atoms with van der Waals surface area (Å²) in [4.78, 5) is 24.0. The number of methoxy groups -OCH3 is 1. The minimum atomic E-state index is -0.697. The summed E-state index contributed by atoms with van der Waals surface area (Å²) < 4.78 is 10.4. The van der Waals surface area contributed by atoms with Crippen LogP contribution in [0.25, 0.3) is 16.6 Å². The number of fused-ring (bicyclic) bond motifs is 1. The molecular weight excluding hydrogens is 426 g/mol. The molecule has 3 aromatic heterocycles. The number of imidazole rings is 1. The Morgan fingerprint density at radius 1 is 1.30 bits per heavy atom. The number of carbonyl (C=O) groups is 1. The topological polar surface area (TPSA) is 127 Å². The predicted octanol–water partition coefficient (Wildman–Crippen LogP) is 3.54. The molecule has 0 amide bonds. The second-order valence-corrected chi connectivity index (χ2v) is 8.19. The molecule has 30 heavy (non-hydrogen) atoms. The molecule has 1 aromatic carbocycles. The van der Waals surface area contributed by atoms with Gasteiger partial charge in [-0.25, -0.2) is 14.8 Å². The monoisotopic (exact) mass is 443 g/mol. The van der Waals surface area contributed by atoms with Crippen LogP contribution in [0, 0.1) is 6.92 Å². The summed E-state index contributed by atoms with van der Waals surface area (Å²) in [7, 11) is 1.25. The van der Waals surface area contributed by atoms with E-state index in [0.29, 0.717) is 17.8 Å². The lowest BCUT2D eigenvalue weighted by Gasteiger charge is -2.06. The lowest BCUT2D eigenvalue weighted by Crippen LogP contribution is -2.09. The highest BCUT2D eigenvalue weighted by Crippen LogP contribution is 2.25. The average Bonchev–Trinajstić information content (AvgIpc) is 3.46. The Bertz CT molecular complexity index is 1190. The highest BCUT2D eigenvalue weighted by molar-refractivity contribution is 7.99. The lowest BCUT2D eigenvalue weighted by molar-refractivity contribution is -0.133. The maximum Gasteiger partial charge on any atom is 0.345 e. The van der Waals surface area contributed by atoms with Crippen molar-refractivity contribution in [3.05, 3.63) is 57.8 Å². The number of para-hydroxylation sites is 2. The van der Waals surface area contributed by atoms with Crippen molar-refractivity contribution in [2.75, 3.05) is 12.9 Å². The minimum absolute atomic E-state index is 0.0267. The largest absolute Gasteiger partial charge is 0.510 e. The molecule has 0 spiro atoms. The third-order valence-corrected chi connectivity index (χ3v) is 5.74. The van der Waals surface area contributed by atoms with Crippen molar-refractivity contribution in [3.63, 3.8) is 0 Å². The van der Waals surface area contributed by atoms with Crippen molar-refractivity contribution in [2.45, 2.75) is 18.6 Å². The van der Waals surface area contributed by atoms with Gasteiger partial charge >= 0.3 is 5.97 Å². The Morgan fingerprint density at radius 3 is 2.87 bits per heavy atom. The molecule has 11 heteroatoms. The Balaban J connectivity index is 1.51. The van der Waals surface area contributed by atoms with E-state index in [1.54, 1.807) is 17.4 Å². The number of aliphatic hydroxyl groups excluding tert-OH is 1. The summed E-state index contributed by atoms with van der Waals surface area (Å²) >= 11 is 2.66. The summed E-state index contributed by atoms with van der Waals surface area (Å²) in [6, 6.07) is 7.32. The van der Waals surface area contributed by atoms with Gasteiger partial charge in [0.15, 0.2) is 0 Å². The molecule has 0 unspecified atom stereocenters. The number of hydrogen-bond acceptors (Lipinski definition) is 10. The second-order valence-electron chi connectivity index (χ2n) is 6.20. The number of rotatable bonds is 7. The summed E-state index contributed by atoms with van der Waals surface area (Å²) in [6.45, 7) is 1.93. The lowest BCUT2D eigenvalue weighted by atomic mass is 10.2. The number of aryl methyl sites for hydroxylation is 1. The zero-order chi connectivity index (χ0) is 21.1. The number of thioether (sulfide) groups is 1. The SMILES string of the molecule is COC(=O)C(=C(O)CSc1nnc(Cc2csc(C)n2)o1)c1nc2ccccc2[nH]1. The minimum Gasteiger partial charge on any atom is -0.510 e. The van der Waals surface area contributed by atoms with E-state index in [4.69, 9.17) is 9.15 Å².